The molecule has 0 saturated heterocycles. The Balaban J connectivity index is 1.91. The summed E-state index contributed by atoms with van der Waals surface area (Å²) in [6.07, 6.45) is 3.64. The predicted octanol–water partition coefficient (Wildman–Crippen LogP) is 5.03. The minimum absolute atomic E-state index is 0.0188. The molecule has 3 rings (SSSR count). The summed E-state index contributed by atoms with van der Waals surface area (Å²) in [6.45, 7) is 4.13. The number of nitrogens with zero attached hydrogens (tertiary/aromatic N) is 2. The lowest BCUT2D eigenvalue weighted by Gasteiger charge is -2.24. The summed E-state index contributed by atoms with van der Waals surface area (Å²) in [5, 5.41) is 11.1. The first-order valence-electron chi connectivity index (χ1n) is 11.3. The molecule has 0 aliphatic carbocycles. The Kier molecular flexibility index (Phi) is 9.07. The number of carbonyl (C=O) groups is 1. The van der Waals surface area contributed by atoms with E-state index >= 15 is 0 Å². The summed E-state index contributed by atoms with van der Waals surface area (Å²) in [7, 11) is -3.25. The summed E-state index contributed by atoms with van der Waals surface area (Å²) in [4.78, 5) is 17.8. The number of pyridine rings is 1. The molecular formula is C27H29N3O3S2. The first-order valence-corrected chi connectivity index (χ1v) is 14.1. The van der Waals surface area contributed by atoms with Crippen LogP contribution in [0.25, 0.3) is 11.1 Å². The molecule has 0 saturated carbocycles. The minimum Gasteiger partial charge on any atom is -0.342 e. The molecule has 1 aromatic heterocycles. The Bertz CT molecular complexity index is 1270. The van der Waals surface area contributed by atoms with E-state index in [1.165, 1.54) is 18.0 Å². The highest BCUT2D eigenvalue weighted by molar-refractivity contribution is 8.01. The Morgan fingerprint density at radius 1 is 1.03 bits per heavy atom. The van der Waals surface area contributed by atoms with E-state index in [0.717, 1.165) is 22.4 Å². The molecular weight excluding hydrogens is 478 g/mol. The van der Waals surface area contributed by atoms with Gasteiger partial charge in [-0.25, -0.2) is 8.42 Å². The Morgan fingerprint density at radius 3 is 2.23 bits per heavy atom. The largest absolute Gasteiger partial charge is 0.342 e. The van der Waals surface area contributed by atoms with Gasteiger partial charge in [-0.2, -0.15) is 5.26 Å². The molecule has 0 aliphatic rings. The van der Waals surface area contributed by atoms with E-state index in [0.29, 0.717) is 12.3 Å². The smallest absolute Gasteiger partial charge is 0.233 e. The van der Waals surface area contributed by atoms with Crippen LogP contribution in [0.15, 0.2) is 77.8 Å². The standard InChI is InChI=1S/C27H29N3O3S2/c1-19(2)17-25(27(31)29-16-15-28)34-26(21-7-5-4-6-8-21)24-14-11-22(18-30-24)20-9-12-23(13-10-20)35(3,32)33/h4-14,18-19,25-26H,16-17H2,1-3H3,(H,29,31). The predicted molar refractivity (Wildman–Crippen MR) is 141 cm³/mol. The fourth-order valence-corrected chi connectivity index (χ4v) is 5.88. The van der Waals surface area contributed by atoms with Gasteiger partial charge in [-0.05, 0) is 41.7 Å². The van der Waals surface area contributed by atoms with E-state index < -0.39 is 9.84 Å². The number of amides is 1. The van der Waals surface area contributed by atoms with Gasteiger partial charge in [0.2, 0.25) is 5.91 Å². The van der Waals surface area contributed by atoms with Gasteiger partial charge in [-0.1, -0.05) is 62.4 Å². The fraction of sp³-hybridized carbons (Fsp3) is 0.296. The number of benzene rings is 2. The molecule has 0 fully saturated rings. The van der Waals surface area contributed by atoms with Crippen LogP contribution in [0.5, 0.6) is 0 Å². The zero-order valence-corrected chi connectivity index (χ0v) is 21.6. The molecule has 182 valence electrons. The van der Waals surface area contributed by atoms with E-state index in [1.807, 2.05) is 48.5 Å². The van der Waals surface area contributed by atoms with Crippen molar-refractivity contribution in [3.8, 4) is 17.2 Å². The van der Waals surface area contributed by atoms with Gasteiger partial charge in [-0.15, -0.1) is 11.8 Å². The van der Waals surface area contributed by atoms with Gasteiger partial charge in [0.05, 0.1) is 27.2 Å². The highest BCUT2D eigenvalue weighted by Crippen LogP contribution is 2.39. The van der Waals surface area contributed by atoms with Crippen LogP contribution in [0.1, 0.15) is 36.8 Å². The van der Waals surface area contributed by atoms with Crippen LogP contribution in [0.3, 0.4) is 0 Å². The summed E-state index contributed by atoms with van der Waals surface area (Å²) in [6, 6.07) is 22.5. The number of thioether (sulfide) groups is 1. The van der Waals surface area contributed by atoms with E-state index in [-0.39, 0.29) is 27.8 Å². The van der Waals surface area contributed by atoms with E-state index in [2.05, 4.69) is 19.2 Å². The number of aromatic nitrogens is 1. The molecule has 0 aliphatic heterocycles. The van der Waals surface area contributed by atoms with Gasteiger partial charge < -0.3 is 5.32 Å². The first kappa shape index (κ1) is 26.5. The number of rotatable bonds is 10. The second-order valence-electron chi connectivity index (χ2n) is 8.69. The van der Waals surface area contributed by atoms with Gasteiger partial charge in [-0.3, -0.25) is 9.78 Å². The number of hydrogen-bond acceptors (Lipinski definition) is 6. The van der Waals surface area contributed by atoms with Crippen molar-refractivity contribution in [3.05, 3.63) is 84.2 Å². The van der Waals surface area contributed by atoms with E-state index in [4.69, 9.17) is 10.2 Å². The molecule has 1 heterocycles. The zero-order valence-electron chi connectivity index (χ0n) is 20.0. The van der Waals surface area contributed by atoms with Crippen molar-refractivity contribution in [2.24, 2.45) is 5.92 Å². The van der Waals surface area contributed by atoms with Crippen LogP contribution >= 0.6 is 11.8 Å². The van der Waals surface area contributed by atoms with Gasteiger partial charge in [0.1, 0.15) is 6.54 Å². The van der Waals surface area contributed by atoms with Crippen molar-refractivity contribution in [1.82, 2.24) is 10.3 Å². The molecule has 0 radical (unpaired) electrons. The zero-order chi connectivity index (χ0) is 25.4. The summed E-state index contributed by atoms with van der Waals surface area (Å²) >= 11 is 1.54. The molecule has 3 aromatic rings. The lowest BCUT2D eigenvalue weighted by molar-refractivity contribution is -0.120. The van der Waals surface area contributed by atoms with Gasteiger partial charge in [0.25, 0.3) is 0 Å². The first-order chi connectivity index (χ1) is 16.7. The maximum atomic E-state index is 12.8. The van der Waals surface area contributed by atoms with Crippen molar-refractivity contribution in [3.63, 3.8) is 0 Å². The van der Waals surface area contributed by atoms with Crippen LogP contribution in [0, 0.1) is 17.2 Å². The summed E-state index contributed by atoms with van der Waals surface area (Å²) in [5.74, 6) is 0.163. The lowest BCUT2D eigenvalue weighted by atomic mass is 10.1. The van der Waals surface area contributed by atoms with Gasteiger partial charge >= 0.3 is 0 Å². The number of nitrogens with one attached hydrogen (secondary N) is 1. The van der Waals surface area contributed by atoms with Crippen LogP contribution in [-0.4, -0.2) is 37.4 Å². The molecule has 2 unspecified atom stereocenters. The third kappa shape index (κ3) is 7.41. The number of carbonyl (C=O) groups excluding carboxylic acids is 1. The van der Waals surface area contributed by atoms with E-state index in [9.17, 15) is 13.2 Å². The molecule has 1 N–H and O–H groups in total. The average Bonchev–Trinajstić information content (AvgIpc) is 2.85. The van der Waals surface area contributed by atoms with Crippen molar-refractivity contribution < 1.29 is 13.2 Å². The van der Waals surface area contributed by atoms with Crippen LogP contribution in [-0.2, 0) is 14.6 Å². The molecule has 0 spiro atoms. The Morgan fingerprint density at radius 2 is 1.69 bits per heavy atom. The Labute approximate surface area is 211 Å². The minimum atomic E-state index is -3.25. The lowest BCUT2D eigenvalue weighted by Crippen LogP contribution is -2.34. The van der Waals surface area contributed by atoms with Gasteiger partial charge in [0.15, 0.2) is 9.84 Å². The maximum Gasteiger partial charge on any atom is 0.233 e. The third-order valence-corrected chi connectivity index (χ3v) is 8.04. The second kappa shape index (κ2) is 12.0. The average molecular weight is 508 g/mol. The molecule has 35 heavy (non-hydrogen) atoms. The van der Waals surface area contributed by atoms with Gasteiger partial charge in [0, 0.05) is 18.0 Å². The summed E-state index contributed by atoms with van der Waals surface area (Å²) in [5.41, 5.74) is 3.60. The van der Waals surface area contributed by atoms with Crippen LogP contribution in [0.2, 0.25) is 0 Å². The fourth-order valence-electron chi connectivity index (χ4n) is 3.63. The number of nitriles is 1. The highest BCUT2D eigenvalue weighted by atomic mass is 32.2. The number of hydrogen-bond donors (Lipinski definition) is 1. The van der Waals surface area contributed by atoms with Crippen molar-refractivity contribution in [1.29, 1.82) is 5.26 Å². The normalized spacial score (nSPS) is 13.1. The molecule has 2 aromatic carbocycles. The van der Waals surface area contributed by atoms with E-state index in [1.54, 1.807) is 30.5 Å². The molecule has 0 bridgehead atoms. The Hall–Kier alpha value is -3.15. The van der Waals surface area contributed by atoms with Crippen molar-refractivity contribution >= 4 is 27.5 Å². The quantitative estimate of drug-likeness (QED) is 0.386. The SMILES string of the molecule is CC(C)CC(SC(c1ccccc1)c1ccc(-c2ccc(S(C)(=O)=O)cc2)cn1)C(=O)NCC#N. The van der Waals surface area contributed by atoms with Crippen LogP contribution < -0.4 is 5.32 Å². The maximum absolute atomic E-state index is 12.8. The second-order valence-corrected chi connectivity index (χ2v) is 12.0. The molecule has 6 nitrogen and oxygen atoms in total. The molecule has 2 atom stereocenters. The van der Waals surface area contributed by atoms with Crippen molar-refractivity contribution in [2.75, 3.05) is 12.8 Å². The van der Waals surface area contributed by atoms with Crippen LogP contribution in [0.4, 0.5) is 0 Å². The topological polar surface area (TPSA) is 99.9 Å². The summed E-state index contributed by atoms with van der Waals surface area (Å²) < 4.78 is 23.5. The van der Waals surface area contributed by atoms with Crippen molar-refractivity contribution in [2.45, 2.75) is 35.7 Å². The molecule has 1 amide bonds. The number of sulfone groups is 1. The highest BCUT2D eigenvalue weighted by Gasteiger charge is 2.27. The molecule has 8 heteroatoms. The third-order valence-electron chi connectivity index (χ3n) is 5.39. The monoisotopic (exact) mass is 507 g/mol.